The number of likely N-dealkylation sites (tertiary alicyclic amines) is 1. The zero-order valence-electron chi connectivity index (χ0n) is 12.7. The van der Waals surface area contributed by atoms with Gasteiger partial charge in [-0.1, -0.05) is 6.07 Å². The van der Waals surface area contributed by atoms with Gasteiger partial charge in [0.25, 0.3) is 5.91 Å². The minimum atomic E-state index is -0.300. The molecule has 22 heavy (non-hydrogen) atoms. The summed E-state index contributed by atoms with van der Waals surface area (Å²) in [4.78, 5) is 27.4. The molecule has 0 radical (unpaired) electrons. The standard InChI is InChI=1S/C16H23N3O2S/c20-15(18-11-12-4-1-7-17-10-12)13-5-2-8-19(13)16(21)14-6-3-9-22-14/h3,6,9,12-13,17H,1-2,4-5,7-8,10-11H2,(H,18,20). The molecule has 2 amide bonds. The molecule has 2 unspecified atom stereocenters. The Labute approximate surface area is 135 Å². The van der Waals surface area contributed by atoms with Crippen molar-refractivity contribution >= 4 is 23.2 Å². The molecule has 2 aliphatic heterocycles. The summed E-state index contributed by atoms with van der Waals surface area (Å²) in [6.45, 7) is 3.45. The van der Waals surface area contributed by atoms with Crippen LogP contribution in [-0.4, -0.2) is 48.9 Å². The monoisotopic (exact) mass is 321 g/mol. The maximum absolute atomic E-state index is 12.5. The van der Waals surface area contributed by atoms with Crippen molar-refractivity contribution in [1.29, 1.82) is 0 Å². The molecule has 3 rings (SSSR count). The van der Waals surface area contributed by atoms with E-state index < -0.39 is 0 Å². The van der Waals surface area contributed by atoms with Crippen LogP contribution in [-0.2, 0) is 4.79 Å². The number of piperidine rings is 1. The number of amides is 2. The van der Waals surface area contributed by atoms with E-state index in [2.05, 4.69) is 10.6 Å². The first-order valence-corrected chi connectivity index (χ1v) is 8.96. The van der Waals surface area contributed by atoms with Gasteiger partial charge in [-0.05, 0) is 56.1 Å². The molecule has 120 valence electrons. The van der Waals surface area contributed by atoms with Gasteiger partial charge < -0.3 is 15.5 Å². The van der Waals surface area contributed by atoms with Gasteiger partial charge in [-0.3, -0.25) is 9.59 Å². The molecule has 5 nitrogen and oxygen atoms in total. The van der Waals surface area contributed by atoms with Crippen molar-refractivity contribution in [3.05, 3.63) is 22.4 Å². The van der Waals surface area contributed by atoms with Gasteiger partial charge in [0.15, 0.2) is 0 Å². The van der Waals surface area contributed by atoms with Gasteiger partial charge in [0.2, 0.25) is 5.91 Å². The third kappa shape index (κ3) is 3.50. The van der Waals surface area contributed by atoms with E-state index in [1.165, 1.54) is 17.8 Å². The number of carbonyl (C=O) groups excluding carboxylic acids is 2. The van der Waals surface area contributed by atoms with E-state index in [9.17, 15) is 9.59 Å². The molecule has 1 aromatic rings. The molecule has 2 atom stereocenters. The van der Waals surface area contributed by atoms with Crippen molar-refractivity contribution in [2.75, 3.05) is 26.2 Å². The molecule has 0 saturated carbocycles. The Morgan fingerprint density at radius 3 is 3.00 bits per heavy atom. The Morgan fingerprint density at radius 1 is 1.36 bits per heavy atom. The molecule has 0 bridgehead atoms. The lowest BCUT2D eigenvalue weighted by Crippen LogP contribution is -2.48. The van der Waals surface area contributed by atoms with Crippen molar-refractivity contribution in [1.82, 2.24) is 15.5 Å². The Morgan fingerprint density at radius 2 is 2.27 bits per heavy atom. The third-order valence-electron chi connectivity index (χ3n) is 4.51. The number of nitrogens with zero attached hydrogens (tertiary/aromatic N) is 1. The molecule has 2 aliphatic rings. The van der Waals surface area contributed by atoms with E-state index in [1.54, 1.807) is 4.90 Å². The highest BCUT2D eigenvalue weighted by Crippen LogP contribution is 2.22. The highest BCUT2D eigenvalue weighted by molar-refractivity contribution is 7.12. The number of carbonyl (C=O) groups is 2. The lowest BCUT2D eigenvalue weighted by Gasteiger charge is -2.26. The molecular formula is C16H23N3O2S. The van der Waals surface area contributed by atoms with Crippen molar-refractivity contribution in [2.24, 2.45) is 5.92 Å². The number of nitrogens with one attached hydrogen (secondary N) is 2. The van der Waals surface area contributed by atoms with E-state index in [0.29, 0.717) is 19.0 Å². The number of thiophene rings is 1. The van der Waals surface area contributed by atoms with Crippen LogP contribution in [0.1, 0.15) is 35.4 Å². The SMILES string of the molecule is O=C(NCC1CCCNC1)C1CCCN1C(=O)c1cccs1. The van der Waals surface area contributed by atoms with Gasteiger partial charge in [0, 0.05) is 13.1 Å². The van der Waals surface area contributed by atoms with Crippen molar-refractivity contribution in [3.8, 4) is 0 Å². The van der Waals surface area contributed by atoms with E-state index in [1.807, 2.05) is 17.5 Å². The van der Waals surface area contributed by atoms with Crippen molar-refractivity contribution < 1.29 is 9.59 Å². The van der Waals surface area contributed by atoms with Crippen LogP contribution in [0, 0.1) is 5.92 Å². The van der Waals surface area contributed by atoms with E-state index >= 15 is 0 Å². The van der Waals surface area contributed by atoms with Crippen LogP contribution in [0.3, 0.4) is 0 Å². The molecule has 0 spiro atoms. The van der Waals surface area contributed by atoms with E-state index in [4.69, 9.17) is 0 Å². The molecule has 6 heteroatoms. The van der Waals surface area contributed by atoms with E-state index in [0.717, 1.165) is 37.2 Å². The van der Waals surface area contributed by atoms with E-state index in [-0.39, 0.29) is 17.9 Å². The van der Waals surface area contributed by atoms with Gasteiger partial charge in [-0.2, -0.15) is 0 Å². The number of hydrogen-bond donors (Lipinski definition) is 2. The molecule has 2 N–H and O–H groups in total. The van der Waals surface area contributed by atoms with Gasteiger partial charge in [0.1, 0.15) is 6.04 Å². The Balaban J connectivity index is 1.55. The summed E-state index contributed by atoms with van der Waals surface area (Å²) in [6, 6.07) is 3.40. The van der Waals surface area contributed by atoms with Crippen LogP contribution in [0.2, 0.25) is 0 Å². The first kappa shape index (κ1) is 15.5. The molecular weight excluding hydrogens is 298 g/mol. The summed E-state index contributed by atoms with van der Waals surface area (Å²) in [5, 5.41) is 8.31. The Kier molecular flexibility index (Phi) is 5.10. The second-order valence-corrected chi connectivity index (χ2v) is 7.04. The van der Waals surface area contributed by atoms with Crippen molar-refractivity contribution in [3.63, 3.8) is 0 Å². The predicted octanol–water partition coefficient (Wildman–Crippen LogP) is 1.47. The fourth-order valence-electron chi connectivity index (χ4n) is 3.29. The first-order chi connectivity index (χ1) is 10.8. The molecule has 2 fully saturated rings. The third-order valence-corrected chi connectivity index (χ3v) is 5.37. The summed E-state index contributed by atoms with van der Waals surface area (Å²) in [7, 11) is 0. The van der Waals surface area contributed by atoms with Crippen LogP contribution in [0.4, 0.5) is 0 Å². The highest BCUT2D eigenvalue weighted by Gasteiger charge is 2.34. The minimum Gasteiger partial charge on any atom is -0.354 e. The summed E-state index contributed by atoms with van der Waals surface area (Å²) >= 11 is 1.44. The topological polar surface area (TPSA) is 61.4 Å². The summed E-state index contributed by atoms with van der Waals surface area (Å²) in [6.07, 6.45) is 4.01. The molecule has 1 aromatic heterocycles. The maximum atomic E-state index is 12.5. The maximum Gasteiger partial charge on any atom is 0.264 e. The normalized spacial score (nSPS) is 25.2. The lowest BCUT2D eigenvalue weighted by molar-refractivity contribution is -0.125. The fourth-order valence-corrected chi connectivity index (χ4v) is 3.96. The minimum absolute atomic E-state index is 0.00739. The summed E-state index contributed by atoms with van der Waals surface area (Å²) in [5.41, 5.74) is 0. The summed E-state index contributed by atoms with van der Waals surface area (Å²) in [5.74, 6) is 0.514. The predicted molar refractivity (Wildman–Crippen MR) is 87.0 cm³/mol. The number of rotatable bonds is 4. The quantitative estimate of drug-likeness (QED) is 0.883. The second kappa shape index (κ2) is 7.24. The van der Waals surface area contributed by atoms with Crippen LogP contribution in [0.5, 0.6) is 0 Å². The summed E-state index contributed by atoms with van der Waals surface area (Å²) < 4.78 is 0. The second-order valence-electron chi connectivity index (χ2n) is 6.09. The molecule has 3 heterocycles. The smallest absolute Gasteiger partial charge is 0.264 e. The Bertz CT molecular complexity index is 511. The first-order valence-electron chi connectivity index (χ1n) is 8.08. The van der Waals surface area contributed by atoms with Crippen LogP contribution < -0.4 is 10.6 Å². The van der Waals surface area contributed by atoms with Crippen LogP contribution >= 0.6 is 11.3 Å². The van der Waals surface area contributed by atoms with Crippen molar-refractivity contribution in [2.45, 2.75) is 31.7 Å². The largest absolute Gasteiger partial charge is 0.354 e. The lowest BCUT2D eigenvalue weighted by atomic mass is 9.99. The average molecular weight is 321 g/mol. The van der Waals surface area contributed by atoms with Gasteiger partial charge >= 0.3 is 0 Å². The molecule has 0 aliphatic carbocycles. The molecule has 2 saturated heterocycles. The zero-order valence-corrected chi connectivity index (χ0v) is 13.5. The van der Waals surface area contributed by atoms with Crippen LogP contribution in [0.25, 0.3) is 0 Å². The van der Waals surface area contributed by atoms with Gasteiger partial charge in [0.05, 0.1) is 4.88 Å². The zero-order chi connectivity index (χ0) is 15.4. The highest BCUT2D eigenvalue weighted by atomic mass is 32.1. The average Bonchev–Trinajstić information content (AvgIpc) is 3.24. The Hall–Kier alpha value is -1.40. The van der Waals surface area contributed by atoms with Gasteiger partial charge in [-0.25, -0.2) is 0 Å². The van der Waals surface area contributed by atoms with Crippen LogP contribution in [0.15, 0.2) is 17.5 Å². The van der Waals surface area contributed by atoms with Gasteiger partial charge in [-0.15, -0.1) is 11.3 Å². The molecule has 0 aromatic carbocycles. The number of hydrogen-bond acceptors (Lipinski definition) is 4. The fraction of sp³-hybridized carbons (Fsp3) is 0.625.